The third-order valence-corrected chi connectivity index (χ3v) is 3.88. The van der Waals surface area contributed by atoms with E-state index < -0.39 is 0 Å². The van der Waals surface area contributed by atoms with Crippen molar-refractivity contribution in [1.82, 2.24) is 4.90 Å². The van der Waals surface area contributed by atoms with Crippen molar-refractivity contribution in [3.05, 3.63) is 22.7 Å². The monoisotopic (exact) mass is 253 g/mol. The smallest absolute Gasteiger partial charge is 0.0604 e. The summed E-state index contributed by atoms with van der Waals surface area (Å²) in [5.41, 5.74) is 9.05. The molecule has 17 heavy (non-hydrogen) atoms. The van der Waals surface area contributed by atoms with Crippen molar-refractivity contribution in [2.75, 3.05) is 43.4 Å². The molecular weight excluding hydrogens is 234 g/mol. The zero-order chi connectivity index (χ0) is 12.4. The third kappa shape index (κ3) is 2.67. The number of likely N-dealkylation sites (N-methyl/N-ethyl adjacent to an activating group) is 1. The second kappa shape index (κ2) is 5.15. The second-order valence-corrected chi connectivity index (χ2v) is 4.99. The van der Waals surface area contributed by atoms with E-state index in [1.54, 1.807) is 0 Å². The van der Waals surface area contributed by atoms with Gasteiger partial charge in [-0.15, -0.1) is 0 Å². The van der Waals surface area contributed by atoms with E-state index in [2.05, 4.69) is 22.8 Å². The number of nitrogens with zero attached hydrogens (tertiary/aromatic N) is 2. The Balaban J connectivity index is 2.16. The first kappa shape index (κ1) is 12.5. The lowest BCUT2D eigenvalue weighted by molar-refractivity contribution is 0.271. The number of halogens is 1. The maximum atomic E-state index is 6.06. The fraction of sp³-hybridized carbons (Fsp3) is 0.538. The lowest BCUT2D eigenvalue weighted by Gasteiger charge is -2.36. The van der Waals surface area contributed by atoms with Crippen LogP contribution in [0.4, 0.5) is 11.4 Å². The average Bonchev–Trinajstić information content (AvgIpc) is 2.34. The quantitative estimate of drug-likeness (QED) is 0.822. The molecule has 3 nitrogen and oxygen atoms in total. The van der Waals surface area contributed by atoms with Crippen LogP contribution < -0.4 is 10.6 Å². The first-order valence-corrected chi connectivity index (χ1v) is 6.52. The van der Waals surface area contributed by atoms with Gasteiger partial charge >= 0.3 is 0 Å². The molecule has 0 atom stereocenters. The molecule has 2 N–H and O–H groups in total. The van der Waals surface area contributed by atoms with Gasteiger partial charge in [-0.3, -0.25) is 0 Å². The Morgan fingerprint density at radius 3 is 2.47 bits per heavy atom. The van der Waals surface area contributed by atoms with Gasteiger partial charge in [0.15, 0.2) is 0 Å². The largest absolute Gasteiger partial charge is 0.397 e. The standard InChI is InChI=1S/C13H20ClN3/c1-3-16-4-6-17(7-5-16)13-8-10(2)11(14)9-12(13)15/h8-9H,3-7,15H2,1-2H3. The van der Waals surface area contributed by atoms with Gasteiger partial charge in [-0.2, -0.15) is 0 Å². The topological polar surface area (TPSA) is 32.5 Å². The Hall–Kier alpha value is -0.930. The lowest BCUT2D eigenvalue weighted by Crippen LogP contribution is -2.46. The van der Waals surface area contributed by atoms with Gasteiger partial charge in [-0.25, -0.2) is 0 Å². The predicted octanol–water partition coefficient (Wildman–Crippen LogP) is 2.37. The van der Waals surface area contributed by atoms with Gasteiger partial charge in [-0.05, 0) is 31.2 Å². The van der Waals surface area contributed by atoms with Crippen LogP contribution in [0.15, 0.2) is 12.1 Å². The molecule has 94 valence electrons. The molecule has 0 bridgehead atoms. The minimum Gasteiger partial charge on any atom is -0.397 e. The van der Waals surface area contributed by atoms with Crippen LogP contribution in [-0.4, -0.2) is 37.6 Å². The molecule has 1 aromatic rings. The van der Waals surface area contributed by atoms with E-state index in [0.717, 1.165) is 54.7 Å². The number of hydrogen-bond acceptors (Lipinski definition) is 3. The lowest BCUT2D eigenvalue weighted by atomic mass is 10.1. The molecule has 1 aromatic carbocycles. The van der Waals surface area contributed by atoms with E-state index in [4.69, 9.17) is 17.3 Å². The second-order valence-electron chi connectivity index (χ2n) is 4.58. The Bertz CT molecular complexity index is 398. The van der Waals surface area contributed by atoms with E-state index in [1.165, 1.54) is 0 Å². The molecule has 4 heteroatoms. The molecule has 1 fully saturated rings. The first-order valence-electron chi connectivity index (χ1n) is 6.14. The third-order valence-electron chi connectivity index (χ3n) is 3.47. The molecule has 0 aliphatic carbocycles. The van der Waals surface area contributed by atoms with Crippen LogP contribution in [0.1, 0.15) is 12.5 Å². The fourth-order valence-electron chi connectivity index (χ4n) is 2.26. The number of piperazine rings is 1. The van der Waals surface area contributed by atoms with Gasteiger partial charge < -0.3 is 15.5 Å². The fourth-order valence-corrected chi connectivity index (χ4v) is 2.43. The molecule has 0 radical (unpaired) electrons. The number of aryl methyl sites for hydroxylation is 1. The van der Waals surface area contributed by atoms with E-state index in [-0.39, 0.29) is 0 Å². The van der Waals surface area contributed by atoms with Crippen molar-refractivity contribution < 1.29 is 0 Å². The SMILES string of the molecule is CCN1CCN(c2cc(C)c(Cl)cc2N)CC1. The predicted molar refractivity (Wildman–Crippen MR) is 74.9 cm³/mol. The number of rotatable bonds is 2. The van der Waals surface area contributed by atoms with Crippen molar-refractivity contribution in [2.45, 2.75) is 13.8 Å². The summed E-state index contributed by atoms with van der Waals surface area (Å²) in [6.07, 6.45) is 0. The summed E-state index contributed by atoms with van der Waals surface area (Å²) in [5, 5.41) is 0.749. The Morgan fingerprint density at radius 1 is 1.24 bits per heavy atom. The van der Waals surface area contributed by atoms with E-state index in [9.17, 15) is 0 Å². The number of hydrogen-bond donors (Lipinski definition) is 1. The highest BCUT2D eigenvalue weighted by Crippen LogP contribution is 2.30. The molecule has 2 rings (SSSR count). The summed E-state index contributed by atoms with van der Waals surface area (Å²) in [6, 6.07) is 3.96. The summed E-state index contributed by atoms with van der Waals surface area (Å²) in [4.78, 5) is 4.81. The summed E-state index contributed by atoms with van der Waals surface area (Å²) < 4.78 is 0. The van der Waals surface area contributed by atoms with Gasteiger partial charge in [0.2, 0.25) is 0 Å². The molecule has 0 aromatic heterocycles. The van der Waals surface area contributed by atoms with Gasteiger partial charge in [-0.1, -0.05) is 18.5 Å². The molecule has 1 saturated heterocycles. The average molecular weight is 254 g/mol. The molecule has 0 unspecified atom stereocenters. The molecule has 0 amide bonds. The van der Waals surface area contributed by atoms with Crippen molar-refractivity contribution in [1.29, 1.82) is 0 Å². The summed E-state index contributed by atoms with van der Waals surface area (Å²) >= 11 is 6.06. The molecule has 1 aliphatic heterocycles. The zero-order valence-corrected chi connectivity index (χ0v) is 11.3. The maximum absolute atomic E-state index is 6.06. The van der Waals surface area contributed by atoms with Gasteiger partial charge in [0.1, 0.15) is 0 Å². The van der Waals surface area contributed by atoms with Crippen LogP contribution in [0.25, 0.3) is 0 Å². The molecule has 1 aliphatic rings. The minimum absolute atomic E-state index is 0.749. The normalized spacial score (nSPS) is 17.5. The molecule has 1 heterocycles. The Labute approximate surface area is 108 Å². The van der Waals surface area contributed by atoms with E-state index in [1.807, 2.05) is 13.0 Å². The summed E-state index contributed by atoms with van der Waals surface area (Å²) in [6.45, 7) is 9.65. The Kier molecular flexibility index (Phi) is 3.79. The van der Waals surface area contributed by atoms with Crippen LogP contribution in [0.3, 0.4) is 0 Å². The molecule has 0 saturated carbocycles. The number of anilines is 2. The van der Waals surface area contributed by atoms with Crippen LogP contribution in [0.2, 0.25) is 5.02 Å². The number of nitrogen functional groups attached to an aromatic ring is 1. The maximum Gasteiger partial charge on any atom is 0.0604 e. The number of benzene rings is 1. The highest BCUT2D eigenvalue weighted by atomic mass is 35.5. The van der Waals surface area contributed by atoms with E-state index in [0.29, 0.717) is 0 Å². The van der Waals surface area contributed by atoms with Crippen LogP contribution in [-0.2, 0) is 0 Å². The molecule has 0 spiro atoms. The van der Waals surface area contributed by atoms with Crippen LogP contribution >= 0.6 is 11.6 Å². The van der Waals surface area contributed by atoms with Crippen LogP contribution in [0.5, 0.6) is 0 Å². The highest BCUT2D eigenvalue weighted by molar-refractivity contribution is 6.31. The van der Waals surface area contributed by atoms with Crippen molar-refractivity contribution in [2.24, 2.45) is 0 Å². The van der Waals surface area contributed by atoms with Gasteiger partial charge in [0.25, 0.3) is 0 Å². The van der Waals surface area contributed by atoms with Crippen molar-refractivity contribution in [3.8, 4) is 0 Å². The zero-order valence-electron chi connectivity index (χ0n) is 10.5. The van der Waals surface area contributed by atoms with Gasteiger partial charge in [0.05, 0.1) is 11.4 Å². The first-order chi connectivity index (χ1) is 8.11. The van der Waals surface area contributed by atoms with Crippen molar-refractivity contribution >= 4 is 23.0 Å². The minimum atomic E-state index is 0.749. The Morgan fingerprint density at radius 2 is 1.88 bits per heavy atom. The van der Waals surface area contributed by atoms with Gasteiger partial charge in [0, 0.05) is 31.2 Å². The molecular formula is C13H20ClN3. The van der Waals surface area contributed by atoms with Crippen LogP contribution in [0, 0.1) is 6.92 Å². The highest BCUT2D eigenvalue weighted by Gasteiger charge is 2.18. The van der Waals surface area contributed by atoms with Crippen molar-refractivity contribution in [3.63, 3.8) is 0 Å². The van der Waals surface area contributed by atoms with E-state index >= 15 is 0 Å². The number of nitrogens with two attached hydrogens (primary N) is 1. The summed E-state index contributed by atoms with van der Waals surface area (Å²) in [5.74, 6) is 0. The summed E-state index contributed by atoms with van der Waals surface area (Å²) in [7, 11) is 0.